The van der Waals surface area contributed by atoms with Crippen molar-refractivity contribution >= 4 is 33.5 Å². The van der Waals surface area contributed by atoms with E-state index in [1.807, 2.05) is 0 Å². The van der Waals surface area contributed by atoms with Crippen molar-refractivity contribution in [2.75, 3.05) is 0 Å². The minimum atomic E-state index is -1.35. The summed E-state index contributed by atoms with van der Waals surface area (Å²) in [5.74, 6) is -3.63. The van der Waals surface area contributed by atoms with E-state index in [0.29, 0.717) is 16.5 Å². The Morgan fingerprint density at radius 2 is 2.10 bits per heavy atom. The van der Waals surface area contributed by atoms with Gasteiger partial charge in [-0.1, -0.05) is 22.9 Å². The first-order valence-corrected chi connectivity index (χ1v) is 6.52. The van der Waals surface area contributed by atoms with Gasteiger partial charge in [-0.25, -0.2) is 9.78 Å². The van der Waals surface area contributed by atoms with E-state index in [9.17, 15) is 19.8 Å². The van der Waals surface area contributed by atoms with Crippen LogP contribution in [0.2, 0.25) is 0 Å². The molecule has 2 aromatic rings. The van der Waals surface area contributed by atoms with Gasteiger partial charge < -0.3 is 15.3 Å². The number of halogens is 1. The first-order chi connectivity index (χ1) is 9.36. The van der Waals surface area contributed by atoms with Crippen LogP contribution in [0.4, 0.5) is 0 Å². The normalized spacial score (nSPS) is 12.5. The molecule has 8 heteroatoms. The zero-order valence-corrected chi connectivity index (χ0v) is 12.0. The van der Waals surface area contributed by atoms with Crippen molar-refractivity contribution < 1.29 is 24.9 Å². The summed E-state index contributed by atoms with van der Waals surface area (Å²) < 4.78 is 1.66. The summed E-state index contributed by atoms with van der Waals surface area (Å²) in [6.45, 7) is 1.73. The van der Waals surface area contributed by atoms with Crippen LogP contribution in [-0.4, -0.2) is 36.6 Å². The Bertz CT molecular complexity index is 709. The van der Waals surface area contributed by atoms with Gasteiger partial charge in [-0.05, 0) is 18.1 Å². The second-order valence-corrected chi connectivity index (χ2v) is 5.05. The molecule has 1 unspecified atom stereocenters. The third-order valence-corrected chi connectivity index (χ3v) is 3.68. The molecule has 0 saturated carbocycles. The summed E-state index contributed by atoms with van der Waals surface area (Å²) in [5.41, 5.74) is 0.185. The molecule has 3 N–H and O–H groups in total. The average Bonchev–Trinajstić information content (AvgIpc) is 2.67. The number of carbonyl (C=O) groups is 2. The van der Waals surface area contributed by atoms with E-state index in [-0.39, 0.29) is 5.65 Å². The molecule has 0 radical (unpaired) electrons. The number of imidazole rings is 1. The van der Waals surface area contributed by atoms with E-state index in [4.69, 9.17) is 5.11 Å². The summed E-state index contributed by atoms with van der Waals surface area (Å²) in [5, 5.41) is 27.9. The van der Waals surface area contributed by atoms with Crippen LogP contribution in [0.3, 0.4) is 0 Å². The Morgan fingerprint density at radius 3 is 2.60 bits per heavy atom. The van der Waals surface area contributed by atoms with Crippen LogP contribution in [0.1, 0.15) is 35.3 Å². The van der Waals surface area contributed by atoms with Crippen molar-refractivity contribution in [2.45, 2.75) is 19.3 Å². The smallest absolute Gasteiger partial charge is 0.360 e. The summed E-state index contributed by atoms with van der Waals surface area (Å²) in [6.07, 6.45) is 1.75. The number of hydrogen-bond acceptors (Lipinski definition) is 4. The number of aromatic hydroxyl groups is 1. The van der Waals surface area contributed by atoms with E-state index in [2.05, 4.69) is 20.9 Å². The maximum Gasteiger partial charge on any atom is 0.360 e. The second kappa shape index (κ2) is 5.12. The van der Waals surface area contributed by atoms with Gasteiger partial charge in [0.1, 0.15) is 5.65 Å². The lowest BCUT2D eigenvalue weighted by Crippen LogP contribution is -2.12. The maximum atomic E-state index is 11.2. The van der Waals surface area contributed by atoms with Crippen molar-refractivity contribution in [2.24, 2.45) is 0 Å². The van der Waals surface area contributed by atoms with Gasteiger partial charge in [0.05, 0.1) is 5.92 Å². The fourth-order valence-corrected chi connectivity index (χ4v) is 2.58. The Kier molecular flexibility index (Phi) is 3.67. The fourth-order valence-electron chi connectivity index (χ4n) is 1.99. The lowest BCUT2D eigenvalue weighted by Gasteiger charge is -2.12. The van der Waals surface area contributed by atoms with Crippen LogP contribution in [0, 0.1) is 0 Å². The van der Waals surface area contributed by atoms with Gasteiger partial charge in [0.15, 0.2) is 0 Å². The number of pyridine rings is 1. The number of carboxylic acid groups (broad SMARTS) is 2. The van der Waals surface area contributed by atoms with Crippen LogP contribution >= 0.6 is 15.9 Å². The fraction of sp³-hybridized carbons (Fsp3) is 0.250. The number of rotatable bonds is 4. The molecule has 0 bridgehead atoms. The highest BCUT2D eigenvalue weighted by Gasteiger charge is 2.24. The van der Waals surface area contributed by atoms with E-state index >= 15 is 0 Å². The number of aromatic nitrogens is 2. The predicted octanol–water partition coefficient (Wildman–Crippen LogP) is 2.08. The molecular formula is C12H11BrN2O5. The molecule has 20 heavy (non-hydrogen) atoms. The molecular weight excluding hydrogens is 332 g/mol. The van der Waals surface area contributed by atoms with Crippen molar-refractivity contribution in [3.63, 3.8) is 0 Å². The van der Waals surface area contributed by atoms with Crippen molar-refractivity contribution in [3.05, 3.63) is 28.0 Å². The lowest BCUT2D eigenvalue weighted by molar-refractivity contribution is -0.138. The highest BCUT2D eigenvalue weighted by molar-refractivity contribution is 9.10. The van der Waals surface area contributed by atoms with Gasteiger partial charge in [0, 0.05) is 10.7 Å². The zero-order chi connectivity index (χ0) is 15.0. The molecule has 0 amide bonds. The molecule has 1 atom stereocenters. The second-order valence-electron chi connectivity index (χ2n) is 4.19. The molecule has 106 valence electrons. The quantitative estimate of drug-likeness (QED) is 0.784. The molecule has 2 rings (SSSR count). The van der Waals surface area contributed by atoms with Crippen molar-refractivity contribution in [3.8, 4) is 5.88 Å². The first-order valence-electron chi connectivity index (χ1n) is 5.73. The van der Waals surface area contributed by atoms with Crippen LogP contribution < -0.4 is 0 Å². The van der Waals surface area contributed by atoms with E-state index < -0.39 is 29.4 Å². The lowest BCUT2D eigenvalue weighted by atomic mass is 9.98. The Morgan fingerprint density at radius 1 is 1.45 bits per heavy atom. The largest absolute Gasteiger partial charge is 0.492 e. The van der Waals surface area contributed by atoms with Gasteiger partial charge >= 0.3 is 11.9 Å². The summed E-state index contributed by atoms with van der Waals surface area (Å²) in [7, 11) is 0. The number of nitrogens with zero attached hydrogens (tertiary/aromatic N) is 2. The molecule has 7 nitrogen and oxygen atoms in total. The Hall–Kier alpha value is -2.09. The molecule has 0 fully saturated rings. The van der Waals surface area contributed by atoms with Crippen LogP contribution in [-0.2, 0) is 4.79 Å². The molecule has 2 heterocycles. The minimum Gasteiger partial charge on any atom is -0.492 e. The van der Waals surface area contributed by atoms with Crippen molar-refractivity contribution in [1.29, 1.82) is 0 Å². The van der Waals surface area contributed by atoms with Gasteiger partial charge in [-0.2, -0.15) is 0 Å². The number of carboxylic acids is 2. The van der Waals surface area contributed by atoms with E-state index in [0.717, 1.165) is 4.40 Å². The Balaban J connectivity index is 2.70. The molecule has 0 spiro atoms. The number of hydrogen-bond donors (Lipinski definition) is 3. The number of fused-ring (bicyclic) bond motifs is 1. The summed E-state index contributed by atoms with van der Waals surface area (Å²) in [6, 6.07) is 1.48. The summed E-state index contributed by atoms with van der Waals surface area (Å²) >= 11 is 3.25. The van der Waals surface area contributed by atoms with Crippen molar-refractivity contribution in [1.82, 2.24) is 9.38 Å². The summed E-state index contributed by atoms with van der Waals surface area (Å²) in [4.78, 5) is 25.9. The SMILES string of the molecule is CCC(C(=O)O)c1cn2c(O)c(C(=O)O)nc2cc1Br. The number of aliphatic carboxylic acids is 1. The topological polar surface area (TPSA) is 112 Å². The standard InChI is InChI=1S/C12H11BrN2O5/c1-2-5(11(17)18)6-4-15-8(3-7(6)13)14-9(10(15)16)12(19)20/h3-5,16H,2H2,1H3,(H,17,18)(H,19,20). The predicted molar refractivity (Wildman–Crippen MR) is 72.2 cm³/mol. The third kappa shape index (κ3) is 2.22. The van der Waals surface area contributed by atoms with Gasteiger partial charge in [0.2, 0.25) is 11.6 Å². The van der Waals surface area contributed by atoms with Gasteiger partial charge in [-0.15, -0.1) is 0 Å². The first kappa shape index (κ1) is 14.3. The average molecular weight is 343 g/mol. The molecule has 0 aliphatic heterocycles. The molecule has 0 saturated heterocycles. The monoisotopic (exact) mass is 342 g/mol. The highest BCUT2D eigenvalue weighted by atomic mass is 79.9. The number of aromatic carboxylic acids is 1. The van der Waals surface area contributed by atoms with Crippen LogP contribution in [0.5, 0.6) is 5.88 Å². The van der Waals surface area contributed by atoms with Gasteiger partial charge in [0.25, 0.3) is 0 Å². The minimum absolute atomic E-state index is 0.218. The Labute approximate surface area is 121 Å². The van der Waals surface area contributed by atoms with Crippen LogP contribution in [0.25, 0.3) is 5.65 Å². The van der Waals surface area contributed by atoms with Gasteiger partial charge in [-0.3, -0.25) is 9.20 Å². The van der Waals surface area contributed by atoms with Crippen LogP contribution in [0.15, 0.2) is 16.7 Å². The molecule has 0 aromatic carbocycles. The maximum absolute atomic E-state index is 11.2. The van der Waals surface area contributed by atoms with E-state index in [1.54, 1.807) is 6.92 Å². The molecule has 0 aliphatic carbocycles. The zero-order valence-electron chi connectivity index (χ0n) is 10.4. The third-order valence-electron chi connectivity index (χ3n) is 3.00. The molecule has 0 aliphatic rings. The highest BCUT2D eigenvalue weighted by Crippen LogP contribution is 2.31. The molecule has 2 aromatic heterocycles. The van der Waals surface area contributed by atoms with E-state index in [1.165, 1.54) is 12.3 Å².